The smallest absolute Gasteiger partial charge is 0.263 e. The number of para-hydroxylation sites is 1. The topological polar surface area (TPSA) is 84.7 Å². The molecule has 1 fully saturated rings. The Morgan fingerprint density at radius 1 is 0.894 bits per heavy atom. The summed E-state index contributed by atoms with van der Waals surface area (Å²) < 4.78 is 41.3. The molecule has 0 amide bonds. The predicted octanol–water partition coefficient (Wildman–Crippen LogP) is 7.88. The Bertz CT molecular complexity index is 2150. The molecule has 0 bridgehead atoms. The molecule has 6 aromatic rings. The molecule has 8 rings (SSSR count). The normalized spacial score (nSPS) is 24.8. The van der Waals surface area contributed by atoms with E-state index in [1.165, 1.54) is 25.3 Å². The number of methoxy groups -OCH3 is 1. The van der Waals surface area contributed by atoms with Gasteiger partial charge in [-0.2, -0.15) is 0 Å². The molecule has 2 aromatic heterocycles. The minimum Gasteiger partial charge on any atom is -0.481 e. The zero-order valence-corrected chi connectivity index (χ0v) is 25.9. The first-order valence-corrected chi connectivity index (χ1v) is 15.7. The van der Waals surface area contributed by atoms with Gasteiger partial charge in [-0.15, -0.1) is 0 Å². The molecule has 9 heteroatoms. The summed E-state index contributed by atoms with van der Waals surface area (Å²) in [6.45, 7) is 0. The Balaban J connectivity index is 1.41. The van der Waals surface area contributed by atoms with Crippen LogP contribution in [-0.2, 0) is 17.6 Å². The van der Waals surface area contributed by atoms with E-state index < -0.39 is 35.6 Å². The van der Waals surface area contributed by atoms with Gasteiger partial charge in [-0.3, -0.25) is 0 Å². The van der Waals surface area contributed by atoms with Crippen LogP contribution < -0.4 is 9.47 Å². The number of benzene rings is 4. The van der Waals surface area contributed by atoms with Crippen molar-refractivity contribution < 1.29 is 28.5 Å². The third-order valence-corrected chi connectivity index (χ3v) is 10.0. The van der Waals surface area contributed by atoms with Crippen molar-refractivity contribution in [3.63, 3.8) is 0 Å². The number of fused-ring (bicyclic) bond motifs is 5. The number of hydrogen-bond donors (Lipinski definition) is 2. The monoisotopic (exact) mass is 650 g/mol. The maximum absolute atomic E-state index is 14.4. The van der Waals surface area contributed by atoms with Crippen molar-refractivity contribution in [1.82, 2.24) is 9.97 Å². The van der Waals surface area contributed by atoms with Crippen molar-refractivity contribution in [3.8, 4) is 11.6 Å². The van der Waals surface area contributed by atoms with Gasteiger partial charge in [-0.05, 0) is 47.4 Å². The first-order valence-electron chi connectivity index (χ1n) is 15.3. The molecule has 2 N–H and O–H groups in total. The van der Waals surface area contributed by atoms with E-state index in [1.54, 1.807) is 0 Å². The number of aliphatic hydroxyl groups is 2. The molecule has 4 aromatic carbocycles. The maximum atomic E-state index is 14.4. The third-order valence-electron chi connectivity index (χ3n) is 9.84. The molecule has 0 spiro atoms. The Kier molecular flexibility index (Phi) is 6.95. The number of rotatable bonds is 6. The van der Waals surface area contributed by atoms with E-state index in [-0.39, 0.29) is 34.3 Å². The Hall–Kier alpha value is -4.63. The maximum Gasteiger partial charge on any atom is 0.263 e. The van der Waals surface area contributed by atoms with Gasteiger partial charge in [0, 0.05) is 34.2 Å². The summed E-state index contributed by atoms with van der Waals surface area (Å²) in [6, 6.07) is 32.7. The van der Waals surface area contributed by atoms with E-state index in [0.29, 0.717) is 27.5 Å². The van der Waals surface area contributed by atoms with E-state index in [9.17, 15) is 19.0 Å². The number of pyridine rings is 2. The van der Waals surface area contributed by atoms with Crippen molar-refractivity contribution in [2.75, 3.05) is 7.11 Å². The average molecular weight is 651 g/mol. The fraction of sp³-hybridized carbons (Fsp3) is 0.211. The third kappa shape index (κ3) is 4.28. The highest BCUT2D eigenvalue weighted by Gasteiger charge is 2.76. The molecule has 6 nitrogen and oxygen atoms in total. The summed E-state index contributed by atoms with van der Waals surface area (Å²) in [5, 5.41) is 27.4. The van der Waals surface area contributed by atoms with Crippen LogP contribution in [0.15, 0.2) is 109 Å². The van der Waals surface area contributed by atoms with E-state index >= 15 is 0 Å². The average Bonchev–Trinajstić information content (AvgIpc) is 3.45. The highest BCUT2D eigenvalue weighted by Crippen LogP contribution is 2.70. The van der Waals surface area contributed by atoms with Gasteiger partial charge >= 0.3 is 0 Å². The van der Waals surface area contributed by atoms with Crippen LogP contribution in [0, 0.1) is 5.92 Å². The van der Waals surface area contributed by atoms with Gasteiger partial charge in [0.1, 0.15) is 10.9 Å². The molecule has 1 aliphatic heterocycles. The van der Waals surface area contributed by atoms with E-state index in [1.807, 2.05) is 91.0 Å². The molecular weight excluding hydrogens is 622 g/mol. The lowest BCUT2D eigenvalue weighted by Gasteiger charge is -2.40. The Morgan fingerprint density at radius 2 is 1.60 bits per heavy atom. The molecule has 5 atom stereocenters. The minimum absolute atomic E-state index is 0.0279. The lowest BCUT2D eigenvalue weighted by molar-refractivity contribution is -0.152. The molecule has 1 saturated carbocycles. The van der Waals surface area contributed by atoms with Crippen molar-refractivity contribution in [3.05, 3.63) is 142 Å². The summed E-state index contributed by atoms with van der Waals surface area (Å²) >= 11 is 6.38. The van der Waals surface area contributed by atoms with Gasteiger partial charge in [-0.1, -0.05) is 90.5 Å². The fourth-order valence-corrected chi connectivity index (χ4v) is 8.17. The largest absolute Gasteiger partial charge is 0.481 e. The van der Waals surface area contributed by atoms with E-state index in [4.69, 9.17) is 26.1 Å². The lowest BCUT2D eigenvalue weighted by Crippen LogP contribution is -2.52. The summed E-state index contributed by atoms with van der Waals surface area (Å²) in [5.41, 5.74) is -0.544. The molecule has 2 aliphatic rings. The second-order valence-electron chi connectivity index (χ2n) is 12.2. The number of hydrogen-bond acceptors (Lipinski definition) is 6. The highest BCUT2D eigenvalue weighted by molar-refractivity contribution is 6.29. The van der Waals surface area contributed by atoms with Crippen LogP contribution in [0.2, 0.25) is 5.15 Å². The number of halogens is 3. The molecule has 0 radical (unpaired) electrons. The van der Waals surface area contributed by atoms with Crippen molar-refractivity contribution in [2.24, 2.45) is 5.92 Å². The van der Waals surface area contributed by atoms with Gasteiger partial charge in [0.15, 0.2) is 11.2 Å². The second-order valence-corrected chi connectivity index (χ2v) is 12.6. The highest BCUT2D eigenvalue weighted by atomic mass is 35.5. The molecule has 236 valence electrons. The predicted molar refractivity (Wildman–Crippen MR) is 175 cm³/mol. The number of nitrogens with zero attached hydrogens (tertiary/aromatic N) is 2. The summed E-state index contributed by atoms with van der Waals surface area (Å²) in [4.78, 5) is 9.07. The molecule has 0 saturated heterocycles. The summed E-state index contributed by atoms with van der Waals surface area (Å²) in [6.07, 6.45) is -4.08. The van der Waals surface area contributed by atoms with E-state index in [2.05, 4.69) is 4.98 Å². The zero-order valence-electron chi connectivity index (χ0n) is 25.1. The van der Waals surface area contributed by atoms with Gasteiger partial charge in [0.25, 0.3) is 6.43 Å². The molecular formula is C38H29ClF2N2O4. The van der Waals surface area contributed by atoms with Gasteiger partial charge in [0.05, 0.1) is 29.8 Å². The van der Waals surface area contributed by atoms with Crippen LogP contribution in [0.1, 0.15) is 40.2 Å². The van der Waals surface area contributed by atoms with Crippen molar-refractivity contribution in [1.29, 1.82) is 0 Å². The SMILES string of the molecule is COc1nc(Cl)cc2c1[C@]1(O)[C@H](O)[C@@H](Cc3cc(C(F)F)cc4nc5ccccc5cc34)[C@@H](c3ccccc3)[C@]1(c1ccccc1)O2. The molecule has 3 heterocycles. The minimum atomic E-state index is -2.74. The molecule has 47 heavy (non-hydrogen) atoms. The van der Waals surface area contributed by atoms with Crippen LogP contribution >= 0.6 is 11.6 Å². The van der Waals surface area contributed by atoms with Crippen LogP contribution in [0.5, 0.6) is 11.6 Å². The van der Waals surface area contributed by atoms with Gasteiger partial charge in [-0.25, -0.2) is 18.7 Å². The number of aromatic nitrogens is 2. The quantitative estimate of drug-likeness (QED) is 0.141. The van der Waals surface area contributed by atoms with Gasteiger partial charge in [0.2, 0.25) is 5.88 Å². The van der Waals surface area contributed by atoms with Crippen LogP contribution in [0.25, 0.3) is 21.8 Å². The lowest BCUT2D eigenvalue weighted by atomic mass is 9.70. The first-order chi connectivity index (χ1) is 22.8. The van der Waals surface area contributed by atoms with Crippen LogP contribution in [-0.4, -0.2) is 33.4 Å². The summed E-state index contributed by atoms with van der Waals surface area (Å²) in [7, 11) is 1.41. The van der Waals surface area contributed by atoms with Crippen molar-refractivity contribution >= 4 is 33.4 Å². The fourth-order valence-electron chi connectivity index (χ4n) is 7.99. The Morgan fingerprint density at radius 3 is 2.32 bits per heavy atom. The molecule has 0 unspecified atom stereocenters. The number of ether oxygens (including phenoxy) is 2. The number of alkyl halides is 2. The first kappa shape index (κ1) is 29.8. The standard InChI is InChI=1S/C38H29ClF2N2O4/c1-46-36-33-30(20-31(39)43-36)47-38(25-13-6-3-7-14-25)32(21-10-4-2-5-11-21)27(34(44)37(33,38)45)18-23-16-24(35(40)41)19-29-26(23)17-22-12-8-9-15-28(22)42-29/h2-17,19-20,27,32,34-35,44-45H,18H2,1H3/t27-,32+,34+,37-,38-/m0/s1. The second kappa shape index (κ2) is 11.0. The summed E-state index contributed by atoms with van der Waals surface area (Å²) in [5.74, 6) is -1.15. The van der Waals surface area contributed by atoms with Crippen LogP contribution in [0.3, 0.4) is 0 Å². The Labute approximate surface area is 274 Å². The van der Waals surface area contributed by atoms with Crippen LogP contribution in [0.4, 0.5) is 8.78 Å². The molecule has 1 aliphatic carbocycles. The van der Waals surface area contributed by atoms with Crippen molar-refractivity contribution in [2.45, 2.75) is 36.1 Å². The zero-order chi connectivity index (χ0) is 32.5. The number of aliphatic hydroxyl groups excluding tert-OH is 1. The van der Waals surface area contributed by atoms with Gasteiger partial charge < -0.3 is 19.7 Å². The van der Waals surface area contributed by atoms with E-state index in [0.717, 1.165) is 10.9 Å².